The Morgan fingerprint density at radius 3 is 2.50 bits per heavy atom. The summed E-state index contributed by atoms with van der Waals surface area (Å²) in [6, 6.07) is 11.6. The van der Waals surface area contributed by atoms with Crippen LogP contribution >= 0.6 is 23.2 Å². The number of hydrazone groups is 1. The van der Waals surface area contributed by atoms with E-state index < -0.39 is 0 Å². The minimum atomic E-state index is -0.366. The Hall–Kier alpha value is -2.37. The largest absolute Gasteiger partial charge is 0.326 e. The smallest absolute Gasteiger partial charge is 0.271 e. The maximum Gasteiger partial charge on any atom is 0.271 e. The topological polar surface area (TPSA) is 70.6 Å². The van der Waals surface area contributed by atoms with Crippen LogP contribution in [0.4, 0.5) is 5.69 Å². The van der Waals surface area contributed by atoms with Crippen molar-refractivity contribution in [2.45, 2.75) is 26.2 Å². The van der Waals surface area contributed by atoms with Gasteiger partial charge in [-0.15, -0.1) is 0 Å². The SMILES string of the molecule is CCCCC(=O)Nc1ccc(C(=O)N/N=C/c2ccc(Cl)cc2Cl)cc1. The van der Waals surface area contributed by atoms with E-state index in [1.54, 1.807) is 42.5 Å². The first-order chi connectivity index (χ1) is 12.5. The number of unbranched alkanes of at least 4 members (excludes halogenated alkanes) is 1. The third-order valence-corrected chi connectivity index (χ3v) is 4.08. The predicted octanol–water partition coefficient (Wildman–Crippen LogP) is 4.89. The molecule has 0 atom stereocenters. The van der Waals surface area contributed by atoms with E-state index in [0.717, 1.165) is 12.8 Å². The first kappa shape index (κ1) is 19.9. The van der Waals surface area contributed by atoms with E-state index in [4.69, 9.17) is 23.2 Å². The van der Waals surface area contributed by atoms with Crippen molar-refractivity contribution >= 4 is 46.9 Å². The fourth-order valence-corrected chi connectivity index (χ4v) is 2.55. The highest BCUT2D eigenvalue weighted by atomic mass is 35.5. The number of hydrogen-bond donors (Lipinski definition) is 2. The molecule has 2 rings (SSSR count). The van der Waals surface area contributed by atoms with Crippen LogP contribution in [0.25, 0.3) is 0 Å². The molecule has 0 aliphatic carbocycles. The Kier molecular flexibility index (Phi) is 7.63. The lowest BCUT2D eigenvalue weighted by Gasteiger charge is -2.06. The van der Waals surface area contributed by atoms with E-state index in [2.05, 4.69) is 15.8 Å². The summed E-state index contributed by atoms with van der Waals surface area (Å²) in [5.41, 5.74) is 4.15. The Labute approximate surface area is 162 Å². The summed E-state index contributed by atoms with van der Waals surface area (Å²) in [6.45, 7) is 2.03. The van der Waals surface area contributed by atoms with Crippen molar-refractivity contribution in [2.75, 3.05) is 5.32 Å². The van der Waals surface area contributed by atoms with Gasteiger partial charge in [0.1, 0.15) is 0 Å². The molecule has 0 fully saturated rings. The molecule has 0 saturated carbocycles. The van der Waals surface area contributed by atoms with E-state index in [1.165, 1.54) is 6.21 Å². The normalized spacial score (nSPS) is 10.7. The lowest BCUT2D eigenvalue weighted by Crippen LogP contribution is -2.17. The highest BCUT2D eigenvalue weighted by Gasteiger charge is 2.06. The van der Waals surface area contributed by atoms with Gasteiger partial charge in [-0.3, -0.25) is 9.59 Å². The number of halogens is 2. The van der Waals surface area contributed by atoms with Crippen molar-refractivity contribution in [1.82, 2.24) is 5.43 Å². The molecule has 0 aliphatic rings. The molecule has 0 spiro atoms. The highest BCUT2D eigenvalue weighted by Crippen LogP contribution is 2.19. The number of nitrogens with zero attached hydrogens (tertiary/aromatic N) is 1. The number of rotatable bonds is 7. The van der Waals surface area contributed by atoms with Gasteiger partial charge in [-0.2, -0.15) is 5.10 Å². The average molecular weight is 392 g/mol. The molecule has 0 saturated heterocycles. The Balaban J connectivity index is 1.91. The summed E-state index contributed by atoms with van der Waals surface area (Å²) in [5, 5.41) is 7.65. The van der Waals surface area contributed by atoms with E-state index in [0.29, 0.717) is 33.3 Å². The minimum absolute atomic E-state index is 0.0338. The summed E-state index contributed by atoms with van der Waals surface area (Å²) in [6.07, 6.45) is 3.75. The summed E-state index contributed by atoms with van der Waals surface area (Å²) in [4.78, 5) is 23.8. The highest BCUT2D eigenvalue weighted by molar-refractivity contribution is 6.36. The molecule has 0 aromatic heterocycles. The second kappa shape index (κ2) is 9.94. The standard InChI is InChI=1S/C19H19Cl2N3O2/c1-2-3-4-18(25)23-16-9-6-13(7-10-16)19(26)24-22-12-14-5-8-15(20)11-17(14)21/h5-12H,2-4H2,1H3,(H,23,25)(H,24,26)/b22-12+. The molecule has 0 unspecified atom stereocenters. The number of amides is 2. The molecular formula is C19H19Cl2N3O2. The molecule has 5 nitrogen and oxygen atoms in total. The maximum atomic E-state index is 12.1. The maximum absolute atomic E-state index is 12.1. The first-order valence-electron chi connectivity index (χ1n) is 8.18. The molecule has 2 amide bonds. The van der Waals surface area contributed by atoms with Crippen molar-refractivity contribution in [2.24, 2.45) is 5.10 Å². The predicted molar refractivity (Wildman–Crippen MR) is 106 cm³/mol. The Morgan fingerprint density at radius 2 is 1.85 bits per heavy atom. The summed E-state index contributed by atoms with van der Waals surface area (Å²) < 4.78 is 0. The van der Waals surface area contributed by atoms with Crippen molar-refractivity contribution in [3.05, 3.63) is 63.6 Å². The van der Waals surface area contributed by atoms with Gasteiger partial charge in [-0.1, -0.05) is 42.6 Å². The average Bonchev–Trinajstić information content (AvgIpc) is 2.62. The Morgan fingerprint density at radius 1 is 1.12 bits per heavy atom. The van der Waals surface area contributed by atoms with E-state index >= 15 is 0 Å². The first-order valence-corrected chi connectivity index (χ1v) is 8.93. The molecule has 0 heterocycles. The van der Waals surface area contributed by atoms with Gasteiger partial charge in [0, 0.05) is 28.3 Å². The van der Waals surface area contributed by atoms with Crippen LogP contribution in [0.15, 0.2) is 47.6 Å². The van der Waals surface area contributed by atoms with Crippen molar-refractivity contribution in [3.8, 4) is 0 Å². The number of carbonyl (C=O) groups excluding carboxylic acids is 2. The van der Waals surface area contributed by atoms with Crippen molar-refractivity contribution < 1.29 is 9.59 Å². The molecule has 0 radical (unpaired) electrons. The second-order valence-electron chi connectivity index (χ2n) is 5.59. The van der Waals surface area contributed by atoms with Crippen LogP contribution in [0.1, 0.15) is 42.1 Å². The quantitative estimate of drug-likeness (QED) is 0.521. The van der Waals surface area contributed by atoms with Gasteiger partial charge in [0.2, 0.25) is 5.91 Å². The number of nitrogens with one attached hydrogen (secondary N) is 2. The fourth-order valence-electron chi connectivity index (χ4n) is 2.10. The molecule has 0 aliphatic heterocycles. The molecular weight excluding hydrogens is 373 g/mol. The summed E-state index contributed by atoms with van der Waals surface area (Å²) in [5.74, 6) is -0.399. The third kappa shape index (κ3) is 6.17. The van der Waals surface area contributed by atoms with Crippen LogP contribution in [-0.2, 0) is 4.79 Å². The molecule has 2 aromatic rings. The van der Waals surface area contributed by atoms with Crippen LogP contribution in [0.3, 0.4) is 0 Å². The van der Waals surface area contributed by atoms with E-state index in [-0.39, 0.29) is 11.8 Å². The lowest BCUT2D eigenvalue weighted by molar-refractivity contribution is -0.116. The molecule has 0 bridgehead atoms. The fraction of sp³-hybridized carbons (Fsp3) is 0.211. The molecule has 2 aromatic carbocycles. The van der Waals surface area contributed by atoms with Crippen LogP contribution in [0.5, 0.6) is 0 Å². The Bertz CT molecular complexity index is 805. The van der Waals surface area contributed by atoms with Gasteiger partial charge >= 0.3 is 0 Å². The molecule has 26 heavy (non-hydrogen) atoms. The number of hydrogen-bond acceptors (Lipinski definition) is 3. The van der Waals surface area contributed by atoms with Crippen LogP contribution < -0.4 is 10.7 Å². The monoisotopic (exact) mass is 391 g/mol. The van der Waals surface area contributed by atoms with Gasteiger partial charge in [-0.25, -0.2) is 5.43 Å². The number of benzene rings is 2. The van der Waals surface area contributed by atoms with E-state index in [9.17, 15) is 9.59 Å². The number of carbonyl (C=O) groups is 2. The van der Waals surface area contributed by atoms with Gasteiger partial charge in [0.05, 0.1) is 11.2 Å². The summed E-state index contributed by atoms with van der Waals surface area (Å²) >= 11 is 11.9. The van der Waals surface area contributed by atoms with Crippen LogP contribution in [0.2, 0.25) is 10.0 Å². The van der Waals surface area contributed by atoms with E-state index in [1.807, 2.05) is 6.92 Å². The van der Waals surface area contributed by atoms with Gasteiger partial charge in [0.15, 0.2) is 0 Å². The van der Waals surface area contributed by atoms with Gasteiger partial charge in [-0.05, 0) is 42.8 Å². The zero-order valence-corrected chi connectivity index (χ0v) is 15.8. The van der Waals surface area contributed by atoms with Crippen molar-refractivity contribution in [3.63, 3.8) is 0 Å². The molecule has 136 valence electrons. The van der Waals surface area contributed by atoms with Gasteiger partial charge < -0.3 is 5.32 Å². The van der Waals surface area contributed by atoms with Gasteiger partial charge in [0.25, 0.3) is 5.91 Å². The zero-order valence-electron chi connectivity index (χ0n) is 14.3. The number of anilines is 1. The summed E-state index contributed by atoms with van der Waals surface area (Å²) in [7, 11) is 0. The van der Waals surface area contributed by atoms with Crippen LogP contribution in [-0.4, -0.2) is 18.0 Å². The lowest BCUT2D eigenvalue weighted by atomic mass is 10.2. The van der Waals surface area contributed by atoms with Crippen LogP contribution in [0, 0.1) is 0 Å². The molecule has 7 heteroatoms. The minimum Gasteiger partial charge on any atom is -0.326 e. The van der Waals surface area contributed by atoms with Crippen molar-refractivity contribution in [1.29, 1.82) is 0 Å². The molecule has 2 N–H and O–H groups in total. The third-order valence-electron chi connectivity index (χ3n) is 3.52. The second-order valence-corrected chi connectivity index (χ2v) is 6.44. The zero-order chi connectivity index (χ0) is 18.9.